The van der Waals surface area contributed by atoms with Gasteiger partial charge in [0, 0.05) is 0 Å². The number of aliphatic hydroxyl groups is 1. The normalized spacial score (nSPS) is 18.7. The summed E-state index contributed by atoms with van der Waals surface area (Å²) in [5.41, 5.74) is 0.708. The minimum atomic E-state index is -0.0417. The number of hydrogen-bond donors (Lipinski definition) is 1. The summed E-state index contributed by atoms with van der Waals surface area (Å²) in [5, 5.41) is 9.17. The van der Waals surface area contributed by atoms with Gasteiger partial charge in [-0.1, -0.05) is 29.4 Å². The maximum absolute atomic E-state index is 9.17. The molecule has 0 spiro atoms. The van der Waals surface area contributed by atoms with Crippen molar-refractivity contribution in [1.82, 2.24) is 0 Å². The molecule has 0 rings (SSSR count). The first kappa shape index (κ1) is 9.39. The first-order valence-electron chi connectivity index (χ1n) is 3.64. The van der Waals surface area contributed by atoms with Crippen LogP contribution < -0.4 is 0 Å². The standard InChI is InChI=1S/C7H17OP/c1-4-6(3)9-7(8)5-2/h6-9H,4-5H2,1-3H3. The van der Waals surface area contributed by atoms with Crippen LogP contribution in [-0.4, -0.2) is 16.6 Å². The highest BCUT2D eigenvalue weighted by atomic mass is 31.1. The second kappa shape index (κ2) is 5.20. The van der Waals surface area contributed by atoms with Gasteiger partial charge in [0.25, 0.3) is 0 Å². The highest BCUT2D eigenvalue weighted by Gasteiger charge is 2.04. The van der Waals surface area contributed by atoms with E-state index in [1.54, 1.807) is 0 Å². The van der Waals surface area contributed by atoms with Gasteiger partial charge in [0.1, 0.15) is 0 Å². The molecular formula is C7H17OP. The third-order valence-corrected chi connectivity index (χ3v) is 3.25. The van der Waals surface area contributed by atoms with E-state index in [0.717, 1.165) is 15.0 Å². The van der Waals surface area contributed by atoms with Gasteiger partial charge in [0.2, 0.25) is 0 Å². The van der Waals surface area contributed by atoms with Gasteiger partial charge in [-0.05, 0) is 18.5 Å². The van der Waals surface area contributed by atoms with Crippen molar-refractivity contribution < 1.29 is 5.11 Å². The van der Waals surface area contributed by atoms with Gasteiger partial charge in [-0.2, -0.15) is 0 Å². The summed E-state index contributed by atoms with van der Waals surface area (Å²) in [6, 6.07) is 0. The largest absolute Gasteiger partial charge is 0.389 e. The SMILES string of the molecule is CCC(C)PC(O)CC. The quantitative estimate of drug-likeness (QED) is 0.606. The Kier molecular flexibility index (Phi) is 5.42. The summed E-state index contributed by atoms with van der Waals surface area (Å²) in [5.74, 6) is -0.0417. The maximum atomic E-state index is 9.17. The topological polar surface area (TPSA) is 20.2 Å². The minimum Gasteiger partial charge on any atom is -0.389 e. The number of hydrogen-bond acceptors (Lipinski definition) is 1. The fourth-order valence-electron chi connectivity index (χ4n) is 0.564. The Morgan fingerprint density at radius 1 is 1.33 bits per heavy atom. The molecule has 9 heavy (non-hydrogen) atoms. The van der Waals surface area contributed by atoms with Crippen LogP contribution in [-0.2, 0) is 0 Å². The number of aliphatic hydroxyl groups excluding tert-OH is 1. The van der Waals surface area contributed by atoms with Crippen LogP contribution in [0.4, 0.5) is 0 Å². The Morgan fingerprint density at radius 3 is 2.22 bits per heavy atom. The van der Waals surface area contributed by atoms with Gasteiger partial charge in [-0.25, -0.2) is 0 Å². The van der Waals surface area contributed by atoms with Crippen LogP contribution in [0, 0.1) is 0 Å². The van der Waals surface area contributed by atoms with Gasteiger partial charge < -0.3 is 5.11 Å². The predicted molar refractivity (Wildman–Crippen MR) is 44.4 cm³/mol. The molecule has 1 nitrogen and oxygen atoms in total. The van der Waals surface area contributed by atoms with E-state index in [2.05, 4.69) is 13.8 Å². The van der Waals surface area contributed by atoms with E-state index in [9.17, 15) is 5.11 Å². The molecule has 0 aliphatic rings. The van der Waals surface area contributed by atoms with Gasteiger partial charge in [-0.3, -0.25) is 0 Å². The Labute approximate surface area is 59.6 Å². The molecule has 0 fully saturated rings. The summed E-state index contributed by atoms with van der Waals surface area (Å²) in [4.78, 5) is 0. The zero-order chi connectivity index (χ0) is 7.28. The van der Waals surface area contributed by atoms with Crippen LogP contribution in [0.25, 0.3) is 0 Å². The molecule has 0 aliphatic carbocycles. The Bertz CT molecular complexity index is 57.9. The van der Waals surface area contributed by atoms with Crippen LogP contribution >= 0.6 is 8.58 Å². The molecule has 3 unspecified atom stereocenters. The highest BCUT2D eigenvalue weighted by Crippen LogP contribution is 2.27. The molecule has 0 radical (unpaired) electrons. The van der Waals surface area contributed by atoms with E-state index >= 15 is 0 Å². The first-order chi connectivity index (χ1) is 4.20. The summed E-state index contributed by atoms with van der Waals surface area (Å²) in [6.07, 6.45) is 2.10. The average Bonchev–Trinajstić information content (AvgIpc) is 1.87. The van der Waals surface area contributed by atoms with Crippen LogP contribution in [0.15, 0.2) is 0 Å². The molecular weight excluding hydrogens is 131 g/mol. The third kappa shape index (κ3) is 4.87. The monoisotopic (exact) mass is 148 g/mol. The second-order valence-electron chi connectivity index (χ2n) is 2.40. The molecule has 0 aromatic carbocycles. The second-order valence-corrected chi connectivity index (χ2v) is 4.39. The van der Waals surface area contributed by atoms with E-state index in [0.29, 0.717) is 5.66 Å². The molecule has 56 valence electrons. The lowest BCUT2D eigenvalue weighted by atomic mass is 10.4. The van der Waals surface area contributed by atoms with Gasteiger partial charge in [0.05, 0.1) is 5.85 Å². The van der Waals surface area contributed by atoms with E-state index in [4.69, 9.17) is 0 Å². The molecule has 0 heterocycles. The zero-order valence-corrected chi connectivity index (χ0v) is 7.52. The van der Waals surface area contributed by atoms with E-state index in [1.807, 2.05) is 6.92 Å². The van der Waals surface area contributed by atoms with E-state index in [-0.39, 0.29) is 5.85 Å². The molecule has 0 aromatic heterocycles. The van der Waals surface area contributed by atoms with Crippen molar-refractivity contribution in [1.29, 1.82) is 0 Å². The lowest BCUT2D eigenvalue weighted by Gasteiger charge is -2.12. The zero-order valence-electron chi connectivity index (χ0n) is 6.52. The minimum absolute atomic E-state index is 0.0417. The molecule has 0 saturated heterocycles. The Hall–Kier alpha value is 0.390. The summed E-state index contributed by atoms with van der Waals surface area (Å²) >= 11 is 0. The van der Waals surface area contributed by atoms with Crippen LogP contribution in [0.3, 0.4) is 0 Å². The fraction of sp³-hybridized carbons (Fsp3) is 1.00. The fourth-order valence-corrected chi connectivity index (χ4v) is 1.69. The molecule has 0 amide bonds. The predicted octanol–water partition coefficient (Wildman–Crippen LogP) is 2.19. The van der Waals surface area contributed by atoms with Gasteiger partial charge in [0.15, 0.2) is 0 Å². The molecule has 0 bridgehead atoms. The van der Waals surface area contributed by atoms with Gasteiger partial charge >= 0.3 is 0 Å². The molecule has 1 N–H and O–H groups in total. The van der Waals surface area contributed by atoms with E-state index in [1.165, 1.54) is 6.42 Å². The molecule has 0 aliphatic heterocycles. The summed E-state index contributed by atoms with van der Waals surface area (Å²) < 4.78 is 0. The lowest BCUT2D eigenvalue weighted by molar-refractivity contribution is 0.255. The van der Waals surface area contributed by atoms with Crippen LogP contribution in [0.2, 0.25) is 0 Å². The Morgan fingerprint density at radius 2 is 1.89 bits per heavy atom. The maximum Gasteiger partial charge on any atom is 0.0702 e. The number of rotatable bonds is 4. The van der Waals surface area contributed by atoms with Crippen molar-refractivity contribution in [2.45, 2.75) is 45.1 Å². The summed E-state index contributed by atoms with van der Waals surface area (Å²) in [6.45, 7) is 6.39. The van der Waals surface area contributed by atoms with Crippen LogP contribution in [0.1, 0.15) is 33.6 Å². The first-order valence-corrected chi connectivity index (χ1v) is 4.80. The highest BCUT2D eigenvalue weighted by molar-refractivity contribution is 7.39. The molecule has 0 aromatic rings. The molecule has 3 atom stereocenters. The van der Waals surface area contributed by atoms with Crippen molar-refractivity contribution in [2.24, 2.45) is 0 Å². The van der Waals surface area contributed by atoms with Crippen molar-refractivity contribution >= 4 is 8.58 Å². The molecule has 0 saturated carbocycles. The lowest BCUT2D eigenvalue weighted by Crippen LogP contribution is -2.01. The van der Waals surface area contributed by atoms with Crippen LogP contribution in [0.5, 0.6) is 0 Å². The van der Waals surface area contributed by atoms with E-state index < -0.39 is 0 Å². The third-order valence-electron chi connectivity index (χ3n) is 1.48. The van der Waals surface area contributed by atoms with Gasteiger partial charge in [-0.15, -0.1) is 0 Å². The smallest absolute Gasteiger partial charge is 0.0702 e. The molecule has 2 heteroatoms. The Balaban J connectivity index is 3.22. The average molecular weight is 148 g/mol. The van der Waals surface area contributed by atoms with Crippen molar-refractivity contribution in [2.75, 3.05) is 0 Å². The summed E-state index contributed by atoms with van der Waals surface area (Å²) in [7, 11) is 0.735. The van der Waals surface area contributed by atoms with Crippen molar-refractivity contribution in [3.05, 3.63) is 0 Å². The van der Waals surface area contributed by atoms with Crippen molar-refractivity contribution in [3.8, 4) is 0 Å². The van der Waals surface area contributed by atoms with Crippen molar-refractivity contribution in [3.63, 3.8) is 0 Å².